The van der Waals surface area contributed by atoms with Gasteiger partial charge in [-0.05, 0) is 38.5 Å². The van der Waals surface area contributed by atoms with Crippen molar-refractivity contribution in [3.8, 4) is 6.07 Å². The van der Waals surface area contributed by atoms with E-state index in [1.54, 1.807) is 19.1 Å². The predicted molar refractivity (Wildman–Crippen MR) is 61.3 cm³/mol. The van der Waals surface area contributed by atoms with Gasteiger partial charge in [0.1, 0.15) is 5.82 Å². The van der Waals surface area contributed by atoms with E-state index in [-0.39, 0.29) is 5.82 Å². The van der Waals surface area contributed by atoms with Gasteiger partial charge in [0.25, 0.3) is 0 Å². The summed E-state index contributed by atoms with van der Waals surface area (Å²) in [5.74, 6) is 0.250. The number of nitriles is 1. The third-order valence-electron chi connectivity index (χ3n) is 1.99. The topological polar surface area (TPSA) is 82.8 Å². The average molecular weight is 239 g/mol. The van der Waals surface area contributed by atoms with E-state index >= 15 is 0 Å². The van der Waals surface area contributed by atoms with E-state index in [2.05, 4.69) is 9.71 Å². The molecule has 1 aromatic heterocycles. The van der Waals surface area contributed by atoms with Gasteiger partial charge in [-0.25, -0.2) is 13.4 Å². The van der Waals surface area contributed by atoms with E-state index in [4.69, 9.17) is 5.26 Å². The molecule has 6 heteroatoms. The molecule has 1 heterocycles. The zero-order valence-electron chi connectivity index (χ0n) is 9.35. The Hall–Kier alpha value is -1.61. The first-order valence-electron chi connectivity index (χ1n) is 4.71. The predicted octanol–water partition coefficient (Wildman–Crippen LogP) is 1.35. The molecule has 1 aromatic rings. The monoisotopic (exact) mass is 239 g/mol. The lowest BCUT2D eigenvalue weighted by molar-refractivity contribution is 0.597. The van der Waals surface area contributed by atoms with Crippen LogP contribution in [-0.2, 0) is 10.0 Å². The van der Waals surface area contributed by atoms with Crippen molar-refractivity contribution < 1.29 is 8.42 Å². The van der Waals surface area contributed by atoms with Crippen LogP contribution in [-0.4, -0.2) is 18.7 Å². The van der Waals surface area contributed by atoms with Gasteiger partial charge in [0, 0.05) is 5.69 Å². The van der Waals surface area contributed by atoms with E-state index in [0.29, 0.717) is 0 Å². The Morgan fingerprint density at radius 1 is 1.44 bits per heavy atom. The molecule has 1 N–H and O–H groups in total. The van der Waals surface area contributed by atoms with Crippen LogP contribution in [0.25, 0.3) is 0 Å². The molecule has 0 amide bonds. The molecular formula is C10H13N3O2S. The standard InChI is InChI=1S/C10H13N3O2S/c1-7-4-8(2)12-10(5-7)13-16(14,15)9(3)6-11/h4-5,9H,1-3H3,(H,12,13). The Labute approximate surface area is 95.2 Å². The van der Waals surface area contributed by atoms with Crippen LogP contribution in [0.1, 0.15) is 18.2 Å². The van der Waals surface area contributed by atoms with Gasteiger partial charge in [0.05, 0.1) is 6.07 Å². The molecule has 0 aliphatic carbocycles. The van der Waals surface area contributed by atoms with E-state index in [1.165, 1.54) is 6.92 Å². The maximum atomic E-state index is 11.6. The third kappa shape index (κ3) is 2.94. The fourth-order valence-corrected chi connectivity index (χ4v) is 1.91. The van der Waals surface area contributed by atoms with Crippen molar-refractivity contribution >= 4 is 15.8 Å². The Bertz CT molecular complexity index is 511. The van der Waals surface area contributed by atoms with Crippen LogP contribution < -0.4 is 4.72 Å². The Morgan fingerprint density at radius 3 is 2.56 bits per heavy atom. The van der Waals surface area contributed by atoms with Crippen molar-refractivity contribution in [2.24, 2.45) is 0 Å². The van der Waals surface area contributed by atoms with Crippen LogP contribution in [0.2, 0.25) is 0 Å². The van der Waals surface area contributed by atoms with Crippen molar-refractivity contribution in [1.82, 2.24) is 4.98 Å². The highest BCUT2D eigenvalue weighted by Gasteiger charge is 2.20. The molecule has 0 radical (unpaired) electrons. The fraction of sp³-hybridized carbons (Fsp3) is 0.400. The van der Waals surface area contributed by atoms with Crippen molar-refractivity contribution in [1.29, 1.82) is 5.26 Å². The number of anilines is 1. The van der Waals surface area contributed by atoms with Gasteiger partial charge < -0.3 is 0 Å². The van der Waals surface area contributed by atoms with E-state index in [9.17, 15) is 8.42 Å². The van der Waals surface area contributed by atoms with Crippen molar-refractivity contribution in [3.05, 3.63) is 23.4 Å². The second-order valence-electron chi connectivity index (χ2n) is 3.59. The Morgan fingerprint density at radius 2 is 2.06 bits per heavy atom. The Kier molecular flexibility index (Phi) is 3.50. The van der Waals surface area contributed by atoms with E-state index < -0.39 is 15.3 Å². The average Bonchev–Trinajstić information content (AvgIpc) is 2.13. The minimum atomic E-state index is -3.67. The highest BCUT2D eigenvalue weighted by atomic mass is 32.2. The molecule has 0 saturated heterocycles. The largest absolute Gasteiger partial charge is 0.266 e. The summed E-state index contributed by atoms with van der Waals surface area (Å²) in [5, 5.41) is 7.47. The first-order valence-corrected chi connectivity index (χ1v) is 6.26. The summed E-state index contributed by atoms with van der Waals surface area (Å²) in [4.78, 5) is 4.04. The number of nitrogens with zero attached hydrogens (tertiary/aromatic N) is 2. The summed E-state index contributed by atoms with van der Waals surface area (Å²) in [6.07, 6.45) is 0. The highest BCUT2D eigenvalue weighted by Crippen LogP contribution is 2.12. The second-order valence-corrected chi connectivity index (χ2v) is 5.59. The summed E-state index contributed by atoms with van der Waals surface area (Å²) in [6, 6.07) is 5.13. The fourth-order valence-electron chi connectivity index (χ4n) is 1.20. The number of hydrogen-bond acceptors (Lipinski definition) is 4. The molecule has 86 valence electrons. The molecule has 5 nitrogen and oxygen atoms in total. The molecule has 0 aliphatic rings. The number of pyridine rings is 1. The van der Waals surface area contributed by atoms with Gasteiger partial charge in [-0.3, -0.25) is 4.72 Å². The molecule has 0 aromatic carbocycles. The first-order chi connectivity index (χ1) is 7.35. The van der Waals surface area contributed by atoms with Crippen LogP contribution in [0.4, 0.5) is 5.82 Å². The maximum absolute atomic E-state index is 11.6. The summed E-state index contributed by atoms with van der Waals surface area (Å²) < 4.78 is 25.4. The van der Waals surface area contributed by atoms with Crippen LogP contribution >= 0.6 is 0 Å². The van der Waals surface area contributed by atoms with Crippen molar-refractivity contribution in [3.63, 3.8) is 0 Å². The number of rotatable bonds is 3. The van der Waals surface area contributed by atoms with Gasteiger partial charge in [0.2, 0.25) is 10.0 Å². The Balaban J connectivity index is 3.02. The van der Waals surface area contributed by atoms with Crippen LogP contribution in [0.5, 0.6) is 0 Å². The highest BCUT2D eigenvalue weighted by molar-refractivity contribution is 7.93. The number of hydrogen-bond donors (Lipinski definition) is 1. The summed E-state index contributed by atoms with van der Waals surface area (Å²) in [5.41, 5.74) is 1.64. The zero-order chi connectivity index (χ0) is 12.3. The summed E-state index contributed by atoms with van der Waals surface area (Å²) >= 11 is 0. The smallest absolute Gasteiger partial charge is 0.250 e. The molecule has 0 bridgehead atoms. The molecule has 1 unspecified atom stereocenters. The summed E-state index contributed by atoms with van der Waals surface area (Å²) in [6.45, 7) is 4.95. The molecule has 1 atom stereocenters. The van der Waals surface area contributed by atoms with Crippen LogP contribution in [0, 0.1) is 25.2 Å². The molecule has 16 heavy (non-hydrogen) atoms. The molecule has 0 fully saturated rings. The van der Waals surface area contributed by atoms with E-state index in [0.717, 1.165) is 11.3 Å². The van der Waals surface area contributed by atoms with Crippen molar-refractivity contribution in [2.75, 3.05) is 4.72 Å². The number of sulfonamides is 1. The summed E-state index contributed by atoms with van der Waals surface area (Å²) in [7, 11) is -3.67. The maximum Gasteiger partial charge on any atom is 0.250 e. The number of aryl methyl sites for hydroxylation is 2. The number of aromatic nitrogens is 1. The lowest BCUT2D eigenvalue weighted by atomic mass is 10.2. The minimum Gasteiger partial charge on any atom is -0.266 e. The van der Waals surface area contributed by atoms with Crippen molar-refractivity contribution in [2.45, 2.75) is 26.0 Å². The molecule has 0 saturated carbocycles. The molecule has 1 rings (SSSR count). The van der Waals surface area contributed by atoms with Gasteiger partial charge in [-0.15, -0.1) is 0 Å². The van der Waals surface area contributed by atoms with Gasteiger partial charge in [0.15, 0.2) is 5.25 Å². The molecular weight excluding hydrogens is 226 g/mol. The van der Waals surface area contributed by atoms with Gasteiger partial charge in [-0.1, -0.05) is 0 Å². The van der Waals surface area contributed by atoms with E-state index in [1.807, 2.05) is 13.0 Å². The quantitative estimate of drug-likeness (QED) is 0.863. The SMILES string of the molecule is Cc1cc(C)nc(NS(=O)(=O)C(C)C#N)c1. The van der Waals surface area contributed by atoms with Crippen LogP contribution in [0.3, 0.4) is 0 Å². The molecule has 0 aliphatic heterocycles. The first kappa shape index (κ1) is 12.5. The molecule has 0 spiro atoms. The number of nitrogens with one attached hydrogen (secondary N) is 1. The minimum absolute atomic E-state index is 0.250. The van der Waals surface area contributed by atoms with Gasteiger partial charge >= 0.3 is 0 Å². The lowest BCUT2D eigenvalue weighted by Gasteiger charge is -2.09. The zero-order valence-corrected chi connectivity index (χ0v) is 10.2. The second kappa shape index (κ2) is 4.49. The van der Waals surface area contributed by atoms with Gasteiger partial charge in [-0.2, -0.15) is 5.26 Å². The normalized spacial score (nSPS) is 12.9. The third-order valence-corrected chi connectivity index (χ3v) is 3.52. The lowest BCUT2D eigenvalue weighted by Crippen LogP contribution is -2.24. The van der Waals surface area contributed by atoms with Crippen LogP contribution in [0.15, 0.2) is 12.1 Å².